The van der Waals surface area contributed by atoms with Crippen molar-refractivity contribution in [1.82, 2.24) is 15.6 Å². The lowest BCUT2D eigenvalue weighted by Crippen LogP contribution is -2.29. The number of carbonyl (C=O) groups excluding carboxylic acids is 1. The molecule has 0 saturated heterocycles. The molecule has 1 aliphatic heterocycles. The summed E-state index contributed by atoms with van der Waals surface area (Å²) in [6, 6.07) is 5.91. The van der Waals surface area contributed by atoms with Crippen molar-refractivity contribution in [2.45, 2.75) is 18.6 Å². The highest BCUT2D eigenvalue weighted by Crippen LogP contribution is 2.10. The molecular formula is C15H21N3OS. The van der Waals surface area contributed by atoms with E-state index >= 15 is 0 Å². The Morgan fingerprint density at radius 1 is 1.45 bits per heavy atom. The first-order valence-corrected chi connectivity index (χ1v) is 8.13. The lowest BCUT2D eigenvalue weighted by atomic mass is 10.1. The van der Waals surface area contributed by atoms with Crippen LogP contribution in [0.25, 0.3) is 0 Å². The Morgan fingerprint density at radius 3 is 3.15 bits per heavy atom. The van der Waals surface area contributed by atoms with Gasteiger partial charge in [-0.15, -0.1) is 0 Å². The molecule has 0 bridgehead atoms. The van der Waals surface area contributed by atoms with Gasteiger partial charge >= 0.3 is 0 Å². The molecule has 0 radical (unpaired) electrons. The van der Waals surface area contributed by atoms with E-state index in [-0.39, 0.29) is 5.91 Å². The third kappa shape index (κ3) is 5.75. The zero-order valence-corrected chi connectivity index (χ0v) is 12.4. The van der Waals surface area contributed by atoms with Gasteiger partial charge in [0.1, 0.15) is 0 Å². The van der Waals surface area contributed by atoms with E-state index in [9.17, 15) is 4.79 Å². The normalized spacial score (nSPS) is 14.7. The first-order valence-electron chi connectivity index (χ1n) is 6.97. The van der Waals surface area contributed by atoms with Crippen molar-refractivity contribution in [3.8, 4) is 0 Å². The number of thioether (sulfide) groups is 1. The largest absolute Gasteiger partial charge is 0.352 e. The van der Waals surface area contributed by atoms with Gasteiger partial charge in [0.05, 0.1) is 5.69 Å². The molecule has 1 aromatic rings. The Kier molecular flexibility index (Phi) is 6.60. The van der Waals surface area contributed by atoms with Crippen LogP contribution in [0.1, 0.15) is 18.5 Å². The summed E-state index contributed by atoms with van der Waals surface area (Å²) in [6.45, 7) is 2.64. The number of nitrogens with one attached hydrogen (secondary N) is 2. The van der Waals surface area contributed by atoms with Gasteiger partial charge in [-0.25, -0.2) is 0 Å². The Morgan fingerprint density at radius 2 is 2.40 bits per heavy atom. The number of hydrogen-bond acceptors (Lipinski definition) is 4. The maximum absolute atomic E-state index is 11.7. The highest BCUT2D eigenvalue weighted by Gasteiger charge is 2.05. The second kappa shape index (κ2) is 8.76. The highest BCUT2D eigenvalue weighted by atomic mass is 32.2. The molecule has 1 aromatic heterocycles. The maximum Gasteiger partial charge on any atom is 0.221 e. The average Bonchev–Trinajstić information content (AvgIpc) is 2.52. The summed E-state index contributed by atoms with van der Waals surface area (Å²) >= 11 is 1.75. The zero-order valence-electron chi connectivity index (χ0n) is 11.6. The number of pyridine rings is 1. The zero-order chi connectivity index (χ0) is 14.0. The Bertz CT molecular complexity index is 448. The molecule has 0 atom stereocenters. The van der Waals surface area contributed by atoms with Gasteiger partial charge in [-0.2, -0.15) is 11.8 Å². The molecule has 0 saturated carbocycles. The van der Waals surface area contributed by atoms with Gasteiger partial charge in [0.2, 0.25) is 5.91 Å². The highest BCUT2D eigenvalue weighted by molar-refractivity contribution is 7.98. The van der Waals surface area contributed by atoms with E-state index in [2.05, 4.69) is 21.7 Å². The standard InChI is InChI=1S/C15H21N3OS/c19-15(18-11-13-4-8-16-9-5-13)6-10-20-12-14-3-1-2-7-17-14/h1-4,7,16H,5-6,8-12H2,(H,18,19). The summed E-state index contributed by atoms with van der Waals surface area (Å²) in [5.74, 6) is 1.84. The van der Waals surface area contributed by atoms with Crippen LogP contribution in [0.2, 0.25) is 0 Å². The molecule has 2 heterocycles. The van der Waals surface area contributed by atoms with Crippen LogP contribution in [0.5, 0.6) is 0 Å². The molecule has 0 spiro atoms. The maximum atomic E-state index is 11.7. The minimum Gasteiger partial charge on any atom is -0.352 e. The molecular weight excluding hydrogens is 270 g/mol. The molecule has 0 fully saturated rings. The SMILES string of the molecule is O=C(CCSCc1ccccn1)NCC1=CCNCC1. The van der Waals surface area contributed by atoms with Crippen LogP contribution < -0.4 is 10.6 Å². The quantitative estimate of drug-likeness (QED) is 0.593. The van der Waals surface area contributed by atoms with Crippen LogP contribution in [0.4, 0.5) is 0 Å². The Hall–Kier alpha value is -1.33. The van der Waals surface area contributed by atoms with Crippen molar-refractivity contribution in [3.05, 3.63) is 41.7 Å². The Balaban J connectivity index is 1.55. The minimum atomic E-state index is 0.137. The van der Waals surface area contributed by atoms with Crippen molar-refractivity contribution in [2.24, 2.45) is 0 Å². The van der Waals surface area contributed by atoms with Gasteiger partial charge < -0.3 is 10.6 Å². The fourth-order valence-corrected chi connectivity index (χ4v) is 2.81. The van der Waals surface area contributed by atoms with E-state index in [1.165, 1.54) is 5.57 Å². The predicted octanol–water partition coefficient (Wildman–Crippen LogP) is 1.74. The van der Waals surface area contributed by atoms with Gasteiger partial charge in [0, 0.05) is 37.2 Å². The summed E-state index contributed by atoms with van der Waals surface area (Å²) < 4.78 is 0. The third-order valence-electron chi connectivity index (χ3n) is 3.12. The first-order chi connectivity index (χ1) is 9.84. The van der Waals surface area contributed by atoms with Gasteiger partial charge in [-0.05, 0) is 25.1 Å². The number of hydrogen-bond donors (Lipinski definition) is 2. The molecule has 2 rings (SSSR count). The smallest absolute Gasteiger partial charge is 0.221 e. The van der Waals surface area contributed by atoms with Crippen LogP contribution >= 0.6 is 11.8 Å². The molecule has 0 unspecified atom stereocenters. The lowest BCUT2D eigenvalue weighted by Gasteiger charge is -2.14. The molecule has 5 heteroatoms. The summed E-state index contributed by atoms with van der Waals surface area (Å²) in [4.78, 5) is 16.0. The number of amides is 1. The van der Waals surface area contributed by atoms with E-state index in [1.807, 2.05) is 18.2 Å². The topological polar surface area (TPSA) is 54.0 Å². The molecule has 1 aliphatic rings. The molecule has 4 nitrogen and oxygen atoms in total. The summed E-state index contributed by atoms with van der Waals surface area (Å²) in [5.41, 5.74) is 2.40. The van der Waals surface area contributed by atoms with E-state index in [0.29, 0.717) is 13.0 Å². The molecule has 2 N–H and O–H groups in total. The predicted molar refractivity (Wildman–Crippen MR) is 83.6 cm³/mol. The van der Waals surface area contributed by atoms with Crippen molar-refractivity contribution < 1.29 is 4.79 Å². The molecule has 108 valence electrons. The van der Waals surface area contributed by atoms with Crippen LogP contribution in [0.15, 0.2) is 36.0 Å². The summed E-state index contributed by atoms with van der Waals surface area (Å²) in [7, 11) is 0. The summed E-state index contributed by atoms with van der Waals surface area (Å²) in [6.07, 6.45) is 5.58. The average molecular weight is 291 g/mol. The molecule has 1 amide bonds. The minimum absolute atomic E-state index is 0.137. The van der Waals surface area contributed by atoms with Crippen LogP contribution in [-0.4, -0.2) is 36.3 Å². The fraction of sp³-hybridized carbons (Fsp3) is 0.467. The number of rotatable bonds is 7. The van der Waals surface area contributed by atoms with Crippen LogP contribution in [0, 0.1) is 0 Å². The second-order valence-corrected chi connectivity index (χ2v) is 5.82. The van der Waals surface area contributed by atoms with E-state index in [0.717, 1.165) is 36.7 Å². The van der Waals surface area contributed by atoms with E-state index < -0.39 is 0 Å². The number of nitrogens with zero attached hydrogens (tertiary/aromatic N) is 1. The number of aromatic nitrogens is 1. The van der Waals surface area contributed by atoms with Gasteiger partial charge in [-0.3, -0.25) is 9.78 Å². The van der Waals surface area contributed by atoms with E-state index in [1.54, 1.807) is 18.0 Å². The summed E-state index contributed by atoms with van der Waals surface area (Å²) in [5, 5.41) is 6.25. The van der Waals surface area contributed by atoms with Crippen molar-refractivity contribution in [2.75, 3.05) is 25.4 Å². The van der Waals surface area contributed by atoms with Crippen LogP contribution in [-0.2, 0) is 10.5 Å². The first kappa shape index (κ1) is 15.1. The van der Waals surface area contributed by atoms with Gasteiger partial charge in [0.15, 0.2) is 0 Å². The molecule has 0 aromatic carbocycles. The van der Waals surface area contributed by atoms with Crippen molar-refractivity contribution in [3.63, 3.8) is 0 Å². The fourth-order valence-electron chi connectivity index (χ4n) is 1.96. The molecule has 20 heavy (non-hydrogen) atoms. The lowest BCUT2D eigenvalue weighted by molar-refractivity contribution is -0.120. The monoisotopic (exact) mass is 291 g/mol. The second-order valence-electron chi connectivity index (χ2n) is 4.72. The van der Waals surface area contributed by atoms with Gasteiger partial charge in [-0.1, -0.05) is 17.7 Å². The third-order valence-corrected chi connectivity index (χ3v) is 4.11. The Labute approximate surface area is 124 Å². The van der Waals surface area contributed by atoms with Crippen molar-refractivity contribution >= 4 is 17.7 Å². The van der Waals surface area contributed by atoms with Crippen molar-refractivity contribution in [1.29, 1.82) is 0 Å². The molecule has 0 aliphatic carbocycles. The van der Waals surface area contributed by atoms with Crippen LogP contribution in [0.3, 0.4) is 0 Å². The van der Waals surface area contributed by atoms with Gasteiger partial charge in [0.25, 0.3) is 0 Å². The number of carbonyl (C=O) groups is 1. The van der Waals surface area contributed by atoms with E-state index in [4.69, 9.17) is 0 Å².